The Morgan fingerprint density at radius 3 is 2.57 bits per heavy atom. The number of aromatic carboxylic acids is 1. The molecule has 1 saturated heterocycles. The van der Waals surface area contributed by atoms with Gasteiger partial charge < -0.3 is 9.84 Å². The molecule has 1 aliphatic heterocycles. The molecule has 156 valence electrons. The number of benzene rings is 1. The Morgan fingerprint density at radius 2 is 1.90 bits per heavy atom. The predicted molar refractivity (Wildman–Crippen MR) is 111 cm³/mol. The van der Waals surface area contributed by atoms with Crippen LogP contribution in [0.5, 0.6) is 0 Å². The van der Waals surface area contributed by atoms with Gasteiger partial charge in [-0.1, -0.05) is 0 Å². The summed E-state index contributed by atoms with van der Waals surface area (Å²) in [6.45, 7) is 6.22. The highest BCUT2D eigenvalue weighted by Crippen LogP contribution is 2.33. The van der Waals surface area contributed by atoms with E-state index < -0.39 is 11.6 Å². The van der Waals surface area contributed by atoms with E-state index in [0.29, 0.717) is 6.54 Å². The fraction of sp³-hybridized carbons (Fsp3) is 0.364. The molecule has 3 heterocycles. The lowest BCUT2D eigenvalue weighted by Gasteiger charge is -2.28. The third-order valence-electron chi connectivity index (χ3n) is 5.06. The fourth-order valence-corrected chi connectivity index (χ4v) is 3.69. The number of nitrogens with zero attached hydrogens (tertiary/aromatic N) is 4. The Labute approximate surface area is 174 Å². The summed E-state index contributed by atoms with van der Waals surface area (Å²) >= 11 is 0. The number of hydrogen-bond acceptors (Lipinski definition) is 5. The monoisotopic (exact) mass is 408 g/mol. The van der Waals surface area contributed by atoms with Crippen molar-refractivity contribution in [3.05, 3.63) is 54.0 Å². The Balaban J connectivity index is 1.61. The molecule has 1 unspecified atom stereocenters. The number of aromatic nitrogens is 3. The first-order valence-corrected chi connectivity index (χ1v) is 9.90. The maximum Gasteiger partial charge on any atom is 0.410 e. The van der Waals surface area contributed by atoms with Crippen molar-refractivity contribution in [2.75, 3.05) is 6.54 Å². The lowest BCUT2D eigenvalue weighted by atomic mass is 10.1. The van der Waals surface area contributed by atoms with Crippen LogP contribution in [0, 0.1) is 0 Å². The SMILES string of the molecule is CC(C)(C)OC(=O)N1CCCC1c1cc2cnn(-c3ccc(C(=O)O)cc3)c2cn1. The molecule has 1 aliphatic rings. The van der Waals surface area contributed by atoms with Crippen LogP contribution in [0.25, 0.3) is 16.6 Å². The molecule has 0 spiro atoms. The highest BCUT2D eigenvalue weighted by atomic mass is 16.6. The van der Waals surface area contributed by atoms with Crippen molar-refractivity contribution in [3.8, 4) is 5.69 Å². The Bertz CT molecular complexity index is 1100. The van der Waals surface area contributed by atoms with Crippen LogP contribution in [0.1, 0.15) is 55.7 Å². The van der Waals surface area contributed by atoms with Gasteiger partial charge in [-0.15, -0.1) is 0 Å². The molecule has 0 bridgehead atoms. The molecule has 1 aromatic carbocycles. The maximum absolute atomic E-state index is 12.6. The van der Waals surface area contributed by atoms with Gasteiger partial charge in [-0.25, -0.2) is 14.3 Å². The summed E-state index contributed by atoms with van der Waals surface area (Å²) < 4.78 is 7.27. The normalized spacial score (nSPS) is 16.8. The summed E-state index contributed by atoms with van der Waals surface area (Å²) in [5.74, 6) is -0.968. The molecule has 0 saturated carbocycles. The van der Waals surface area contributed by atoms with E-state index in [4.69, 9.17) is 9.84 Å². The van der Waals surface area contributed by atoms with Gasteiger partial charge in [0.1, 0.15) is 5.60 Å². The van der Waals surface area contributed by atoms with Crippen LogP contribution < -0.4 is 0 Å². The van der Waals surface area contributed by atoms with Crippen LogP contribution in [0.15, 0.2) is 42.7 Å². The standard InChI is InChI=1S/C22H24N4O4/c1-22(2,3)30-21(29)25-10-4-5-18(25)17-11-15-12-24-26(19(15)13-23-17)16-8-6-14(7-9-16)20(27)28/h6-9,11-13,18H,4-5,10H2,1-3H3,(H,27,28). The second-order valence-electron chi connectivity index (χ2n) is 8.41. The number of carbonyl (C=O) groups is 2. The van der Waals surface area contributed by atoms with Gasteiger partial charge in [0.2, 0.25) is 0 Å². The third kappa shape index (κ3) is 3.85. The van der Waals surface area contributed by atoms with Crippen LogP contribution in [0.3, 0.4) is 0 Å². The number of carboxylic acid groups (broad SMARTS) is 1. The summed E-state index contributed by atoms with van der Waals surface area (Å²) in [4.78, 5) is 30.0. The average molecular weight is 408 g/mol. The van der Waals surface area contributed by atoms with Crippen molar-refractivity contribution in [2.24, 2.45) is 0 Å². The summed E-state index contributed by atoms with van der Waals surface area (Å²) in [5.41, 5.74) is 2.05. The van der Waals surface area contributed by atoms with Crippen molar-refractivity contribution in [3.63, 3.8) is 0 Å². The minimum Gasteiger partial charge on any atom is -0.478 e. The van der Waals surface area contributed by atoms with Crippen molar-refractivity contribution >= 4 is 23.0 Å². The minimum atomic E-state index is -0.968. The second-order valence-corrected chi connectivity index (χ2v) is 8.41. The Hall–Kier alpha value is -3.42. The summed E-state index contributed by atoms with van der Waals surface area (Å²) in [5, 5.41) is 14.4. The van der Waals surface area contributed by atoms with E-state index in [1.807, 2.05) is 26.8 Å². The maximum atomic E-state index is 12.6. The average Bonchev–Trinajstić information content (AvgIpc) is 3.33. The molecule has 8 heteroatoms. The largest absolute Gasteiger partial charge is 0.478 e. The first-order valence-electron chi connectivity index (χ1n) is 9.90. The predicted octanol–water partition coefficient (Wildman–Crippen LogP) is 4.19. The topological polar surface area (TPSA) is 97.6 Å². The molecule has 8 nitrogen and oxygen atoms in total. The van der Waals surface area contributed by atoms with Crippen LogP contribution in [0.4, 0.5) is 4.79 Å². The van der Waals surface area contributed by atoms with Crippen LogP contribution in [0.2, 0.25) is 0 Å². The molecular formula is C22H24N4O4. The summed E-state index contributed by atoms with van der Waals surface area (Å²) in [7, 11) is 0. The van der Waals surface area contributed by atoms with Gasteiger partial charge in [0.15, 0.2) is 0 Å². The Morgan fingerprint density at radius 1 is 1.17 bits per heavy atom. The molecule has 1 amide bonds. The van der Waals surface area contributed by atoms with E-state index in [2.05, 4.69) is 10.1 Å². The van der Waals surface area contributed by atoms with Gasteiger partial charge in [-0.2, -0.15) is 5.10 Å². The molecule has 2 aromatic heterocycles. The van der Waals surface area contributed by atoms with Crippen LogP contribution in [-0.4, -0.2) is 49.0 Å². The number of ether oxygens (including phenoxy) is 1. The quantitative estimate of drug-likeness (QED) is 0.698. The molecule has 1 N–H and O–H groups in total. The van der Waals surface area contributed by atoms with Gasteiger partial charge in [0, 0.05) is 11.9 Å². The molecule has 3 aromatic rings. The van der Waals surface area contributed by atoms with Gasteiger partial charge in [-0.3, -0.25) is 9.88 Å². The van der Waals surface area contributed by atoms with E-state index in [-0.39, 0.29) is 17.7 Å². The molecule has 4 rings (SSSR count). The zero-order valence-corrected chi connectivity index (χ0v) is 17.2. The van der Waals surface area contributed by atoms with Crippen molar-refractivity contribution in [1.82, 2.24) is 19.7 Å². The van der Waals surface area contributed by atoms with Crippen molar-refractivity contribution in [1.29, 1.82) is 0 Å². The van der Waals surface area contributed by atoms with Crippen molar-refractivity contribution < 1.29 is 19.4 Å². The number of likely N-dealkylation sites (tertiary alicyclic amines) is 1. The second kappa shape index (κ2) is 7.44. The van der Waals surface area contributed by atoms with Crippen LogP contribution >= 0.6 is 0 Å². The number of hydrogen-bond donors (Lipinski definition) is 1. The van der Waals surface area contributed by atoms with E-state index >= 15 is 0 Å². The van der Waals surface area contributed by atoms with E-state index in [1.165, 1.54) is 0 Å². The molecule has 0 aliphatic carbocycles. The van der Waals surface area contributed by atoms with E-state index in [0.717, 1.165) is 35.1 Å². The van der Waals surface area contributed by atoms with Gasteiger partial charge in [0.05, 0.1) is 40.9 Å². The highest BCUT2D eigenvalue weighted by molar-refractivity contribution is 5.88. The molecule has 1 fully saturated rings. The molecule has 0 radical (unpaired) electrons. The van der Waals surface area contributed by atoms with Gasteiger partial charge in [0.25, 0.3) is 0 Å². The van der Waals surface area contributed by atoms with Gasteiger partial charge >= 0.3 is 12.1 Å². The number of carboxylic acids is 1. The number of rotatable bonds is 3. The molecule has 1 atom stereocenters. The summed E-state index contributed by atoms with van der Waals surface area (Å²) in [6, 6.07) is 8.35. The zero-order chi connectivity index (χ0) is 21.5. The first-order chi connectivity index (χ1) is 14.2. The number of carbonyl (C=O) groups excluding carboxylic acids is 1. The Kier molecular flexibility index (Phi) is 4.93. The highest BCUT2D eigenvalue weighted by Gasteiger charge is 2.34. The van der Waals surface area contributed by atoms with Gasteiger partial charge in [-0.05, 0) is 63.9 Å². The molecular weight excluding hydrogens is 384 g/mol. The smallest absolute Gasteiger partial charge is 0.410 e. The lowest BCUT2D eigenvalue weighted by molar-refractivity contribution is 0.0221. The summed E-state index contributed by atoms with van der Waals surface area (Å²) in [6.07, 6.45) is 4.91. The van der Waals surface area contributed by atoms with Crippen molar-refractivity contribution in [2.45, 2.75) is 45.3 Å². The molecule has 30 heavy (non-hydrogen) atoms. The first kappa shape index (κ1) is 19.9. The third-order valence-corrected chi connectivity index (χ3v) is 5.06. The number of fused-ring (bicyclic) bond motifs is 1. The fourth-order valence-electron chi connectivity index (χ4n) is 3.69. The van der Waals surface area contributed by atoms with E-state index in [1.54, 1.807) is 46.2 Å². The minimum absolute atomic E-state index is 0.123. The van der Waals surface area contributed by atoms with E-state index in [9.17, 15) is 9.59 Å². The number of amides is 1. The zero-order valence-electron chi connectivity index (χ0n) is 17.2. The number of pyridine rings is 1. The lowest BCUT2D eigenvalue weighted by Crippen LogP contribution is -2.36. The van der Waals surface area contributed by atoms with Crippen LogP contribution in [-0.2, 0) is 4.74 Å².